The lowest BCUT2D eigenvalue weighted by atomic mass is 10.1. The van der Waals surface area contributed by atoms with Gasteiger partial charge in [-0.1, -0.05) is 18.9 Å². The molecule has 0 aromatic carbocycles. The van der Waals surface area contributed by atoms with Crippen molar-refractivity contribution in [2.24, 2.45) is 0 Å². The van der Waals surface area contributed by atoms with E-state index in [0.717, 1.165) is 25.7 Å². The van der Waals surface area contributed by atoms with Crippen molar-refractivity contribution in [2.45, 2.75) is 70.9 Å². The standard InChI is InChI=1S/C14H27NO4/c1-5-6-7-8-9-10-11(12(16)17)15-13(18)19-14(2,3)4/h5,11,13,15,18H,1,6-10H2,2-4H3,(H,16,17). The van der Waals surface area contributed by atoms with Crippen molar-refractivity contribution >= 4 is 5.97 Å². The molecular weight excluding hydrogens is 246 g/mol. The van der Waals surface area contributed by atoms with Crippen LogP contribution in [-0.4, -0.2) is 34.2 Å². The molecule has 0 saturated carbocycles. The van der Waals surface area contributed by atoms with Gasteiger partial charge in [0.15, 0.2) is 0 Å². The maximum absolute atomic E-state index is 11.1. The average molecular weight is 273 g/mol. The minimum Gasteiger partial charge on any atom is -0.480 e. The number of aliphatic hydroxyl groups is 1. The van der Waals surface area contributed by atoms with Crippen molar-refractivity contribution in [3.63, 3.8) is 0 Å². The molecule has 2 atom stereocenters. The topological polar surface area (TPSA) is 78.8 Å². The summed E-state index contributed by atoms with van der Waals surface area (Å²) in [5.74, 6) is -0.972. The summed E-state index contributed by atoms with van der Waals surface area (Å²) in [6.45, 7) is 9.02. The van der Waals surface area contributed by atoms with Crippen molar-refractivity contribution in [3.8, 4) is 0 Å². The van der Waals surface area contributed by atoms with Gasteiger partial charge in [-0.25, -0.2) is 0 Å². The smallest absolute Gasteiger partial charge is 0.320 e. The molecule has 0 radical (unpaired) electrons. The fourth-order valence-electron chi connectivity index (χ4n) is 1.63. The van der Waals surface area contributed by atoms with Gasteiger partial charge in [-0.3, -0.25) is 10.1 Å². The number of unbranched alkanes of at least 4 members (excludes halogenated alkanes) is 3. The molecule has 5 nitrogen and oxygen atoms in total. The molecule has 0 amide bonds. The lowest BCUT2D eigenvalue weighted by molar-refractivity contribution is -0.189. The van der Waals surface area contributed by atoms with Crippen molar-refractivity contribution in [1.29, 1.82) is 0 Å². The Morgan fingerprint density at radius 3 is 2.47 bits per heavy atom. The number of carboxylic acid groups (broad SMARTS) is 1. The molecule has 0 saturated heterocycles. The van der Waals surface area contributed by atoms with Gasteiger partial charge in [0.2, 0.25) is 6.41 Å². The summed E-state index contributed by atoms with van der Waals surface area (Å²) in [5, 5.41) is 21.3. The highest BCUT2D eigenvalue weighted by Gasteiger charge is 2.23. The summed E-state index contributed by atoms with van der Waals surface area (Å²) in [5.41, 5.74) is -0.528. The number of ether oxygens (including phenoxy) is 1. The van der Waals surface area contributed by atoms with Gasteiger partial charge in [-0.05, 0) is 40.0 Å². The Morgan fingerprint density at radius 1 is 1.37 bits per heavy atom. The second kappa shape index (κ2) is 9.07. The van der Waals surface area contributed by atoms with Gasteiger partial charge in [0, 0.05) is 0 Å². The molecule has 0 aliphatic carbocycles. The lowest BCUT2D eigenvalue weighted by Crippen LogP contribution is -2.47. The van der Waals surface area contributed by atoms with Gasteiger partial charge >= 0.3 is 5.97 Å². The van der Waals surface area contributed by atoms with E-state index in [1.54, 1.807) is 20.8 Å². The zero-order chi connectivity index (χ0) is 14.9. The Labute approximate surface area is 115 Å². The van der Waals surface area contributed by atoms with Crippen LogP contribution >= 0.6 is 0 Å². The van der Waals surface area contributed by atoms with Crippen LogP contribution in [0.2, 0.25) is 0 Å². The number of aliphatic hydroxyl groups excluding tert-OH is 1. The first-order valence-corrected chi connectivity index (χ1v) is 6.72. The van der Waals surface area contributed by atoms with Crippen LogP contribution in [0.25, 0.3) is 0 Å². The molecule has 0 spiro atoms. The SMILES string of the molecule is C=CCCCCCC(NC(O)OC(C)(C)C)C(=O)O. The molecule has 2 unspecified atom stereocenters. The van der Waals surface area contributed by atoms with Crippen molar-refractivity contribution in [1.82, 2.24) is 5.32 Å². The summed E-state index contributed by atoms with van der Waals surface area (Å²) in [7, 11) is 0. The Morgan fingerprint density at radius 2 is 2.00 bits per heavy atom. The largest absolute Gasteiger partial charge is 0.480 e. The maximum Gasteiger partial charge on any atom is 0.320 e. The quantitative estimate of drug-likeness (QED) is 0.323. The highest BCUT2D eigenvalue weighted by Crippen LogP contribution is 2.11. The molecule has 3 N–H and O–H groups in total. The van der Waals surface area contributed by atoms with Crippen LogP contribution in [0, 0.1) is 0 Å². The van der Waals surface area contributed by atoms with Gasteiger partial charge < -0.3 is 14.9 Å². The van der Waals surface area contributed by atoms with E-state index in [0.29, 0.717) is 6.42 Å². The van der Waals surface area contributed by atoms with Gasteiger partial charge in [0.05, 0.1) is 5.60 Å². The first kappa shape index (κ1) is 18.1. The van der Waals surface area contributed by atoms with Crippen LogP contribution in [0.4, 0.5) is 0 Å². The summed E-state index contributed by atoms with van der Waals surface area (Å²) in [6.07, 6.45) is 4.76. The van der Waals surface area contributed by atoms with Gasteiger partial charge in [-0.2, -0.15) is 0 Å². The second-order valence-corrected chi connectivity index (χ2v) is 5.57. The summed E-state index contributed by atoms with van der Waals surface area (Å²) in [6, 6.07) is -0.791. The molecule has 0 bridgehead atoms. The first-order chi connectivity index (χ1) is 8.76. The van der Waals surface area contributed by atoms with Crippen LogP contribution in [-0.2, 0) is 9.53 Å². The van der Waals surface area contributed by atoms with Crippen molar-refractivity contribution in [2.75, 3.05) is 0 Å². The van der Waals surface area contributed by atoms with E-state index in [1.807, 2.05) is 6.08 Å². The number of allylic oxidation sites excluding steroid dienone is 1. The second-order valence-electron chi connectivity index (χ2n) is 5.57. The van der Waals surface area contributed by atoms with Crippen LogP contribution in [0.5, 0.6) is 0 Å². The Hall–Kier alpha value is -0.910. The molecule has 0 rings (SSSR count). The number of hydrogen-bond donors (Lipinski definition) is 3. The van der Waals surface area contributed by atoms with E-state index in [-0.39, 0.29) is 0 Å². The van der Waals surface area contributed by atoms with E-state index in [1.165, 1.54) is 0 Å². The molecule has 112 valence electrons. The number of carboxylic acids is 1. The van der Waals surface area contributed by atoms with Crippen LogP contribution in [0.3, 0.4) is 0 Å². The Kier molecular flexibility index (Phi) is 8.63. The number of aliphatic carboxylic acids is 1. The van der Waals surface area contributed by atoms with Gasteiger partial charge in [-0.15, -0.1) is 6.58 Å². The van der Waals surface area contributed by atoms with Crippen LogP contribution < -0.4 is 5.32 Å². The Bertz CT molecular complexity index is 273. The zero-order valence-corrected chi connectivity index (χ0v) is 12.2. The molecule has 19 heavy (non-hydrogen) atoms. The molecular formula is C14H27NO4. The lowest BCUT2D eigenvalue weighted by Gasteiger charge is -2.26. The number of rotatable bonds is 10. The van der Waals surface area contributed by atoms with E-state index in [4.69, 9.17) is 9.84 Å². The van der Waals surface area contributed by atoms with E-state index < -0.39 is 24.0 Å². The summed E-state index contributed by atoms with van der Waals surface area (Å²) >= 11 is 0. The zero-order valence-electron chi connectivity index (χ0n) is 12.2. The van der Waals surface area contributed by atoms with E-state index in [2.05, 4.69) is 11.9 Å². The number of carbonyl (C=O) groups is 1. The molecule has 0 aromatic heterocycles. The molecule has 0 aliphatic rings. The van der Waals surface area contributed by atoms with Gasteiger partial charge in [0.1, 0.15) is 6.04 Å². The van der Waals surface area contributed by atoms with Crippen molar-refractivity contribution < 1.29 is 19.7 Å². The fourth-order valence-corrected chi connectivity index (χ4v) is 1.63. The maximum atomic E-state index is 11.1. The van der Waals surface area contributed by atoms with Gasteiger partial charge in [0.25, 0.3) is 0 Å². The van der Waals surface area contributed by atoms with E-state index >= 15 is 0 Å². The summed E-state index contributed by atoms with van der Waals surface area (Å²) in [4.78, 5) is 11.1. The predicted molar refractivity (Wildman–Crippen MR) is 74.7 cm³/mol. The van der Waals surface area contributed by atoms with Crippen LogP contribution in [0.1, 0.15) is 52.9 Å². The normalized spacial score (nSPS) is 14.9. The highest BCUT2D eigenvalue weighted by atomic mass is 16.6. The highest BCUT2D eigenvalue weighted by molar-refractivity contribution is 5.73. The number of nitrogens with one attached hydrogen (secondary N) is 1. The van der Waals surface area contributed by atoms with Crippen molar-refractivity contribution in [3.05, 3.63) is 12.7 Å². The first-order valence-electron chi connectivity index (χ1n) is 6.72. The fraction of sp³-hybridized carbons (Fsp3) is 0.786. The minimum atomic E-state index is -1.27. The average Bonchev–Trinajstić information content (AvgIpc) is 2.24. The molecule has 0 fully saturated rings. The molecule has 0 heterocycles. The van der Waals surface area contributed by atoms with E-state index in [9.17, 15) is 9.90 Å². The predicted octanol–water partition coefficient (Wildman–Crippen LogP) is 2.26. The molecule has 0 aromatic rings. The third-order valence-corrected chi connectivity index (χ3v) is 2.51. The number of hydrogen-bond acceptors (Lipinski definition) is 4. The minimum absolute atomic E-state index is 0.469. The third-order valence-electron chi connectivity index (χ3n) is 2.51. The third kappa shape index (κ3) is 10.7. The Balaban J connectivity index is 4.05. The summed E-state index contributed by atoms with van der Waals surface area (Å²) < 4.78 is 5.23. The van der Waals surface area contributed by atoms with Crippen LogP contribution in [0.15, 0.2) is 12.7 Å². The molecule has 0 aliphatic heterocycles. The molecule has 5 heteroatoms. The monoisotopic (exact) mass is 273 g/mol.